The van der Waals surface area contributed by atoms with Gasteiger partial charge in [0.2, 0.25) is 0 Å². The molecule has 1 unspecified atom stereocenters. The van der Waals surface area contributed by atoms with Gasteiger partial charge in [0.25, 0.3) is 0 Å². The normalized spacial score (nSPS) is 18.8. The molecule has 6 heteroatoms. The van der Waals surface area contributed by atoms with Gasteiger partial charge in [-0.2, -0.15) is 0 Å². The van der Waals surface area contributed by atoms with Crippen LogP contribution in [0.2, 0.25) is 10.0 Å². The molecule has 1 heterocycles. The molecule has 2 rings (SSSR count). The number of rotatable bonds is 5. The molecule has 0 bridgehead atoms. The molecule has 1 aromatic rings. The molecule has 4 nitrogen and oxygen atoms in total. The van der Waals surface area contributed by atoms with E-state index in [-0.39, 0.29) is 0 Å². The number of halogens is 2. The van der Waals surface area contributed by atoms with Crippen molar-refractivity contribution in [3.63, 3.8) is 0 Å². The lowest BCUT2D eigenvalue weighted by atomic mass is 10.1. The Balaban J connectivity index is 1.85. The quantitative estimate of drug-likeness (QED) is 0.659. The minimum Gasteiger partial charge on any atom is -0.384 e. The van der Waals surface area contributed by atoms with Crippen molar-refractivity contribution in [3.05, 3.63) is 33.8 Å². The van der Waals surface area contributed by atoms with Crippen LogP contribution in [-0.2, 0) is 11.2 Å². The Morgan fingerprint density at radius 3 is 2.77 bits per heavy atom. The van der Waals surface area contributed by atoms with Crippen molar-refractivity contribution in [3.8, 4) is 0 Å². The number of nitrogens with zero attached hydrogens (tertiary/aromatic N) is 2. The van der Waals surface area contributed by atoms with E-state index in [0.717, 1.165) is 50.6 Å². The average Bonchev–Trinajstić information content (AvgIpc) is 2.95. The van der Waals surface area contributed by atoms with Gasteiger partial charge in [-0.1, -0.05) is 29.3 Å². The van der Waals surface area contributed by atoms with Crippen molar-refractivity contribution in [2.24, 2.45) is 10.9 Å². The molecule has 22 heavy (non-hydrogen) atoms. The van der Waals surface area contributed by atoms with E-state index in [0.29, 0.717) is 16.0 Å². The highest BCUT2D eigenvalue weighted by molar-refractivity contribution is 6.35. The van der Waals surface area contributed by atoms with Crippen LogP contribution in [0.3, 0.4) is 0 Å². The maximum absolute atomic E-state index is 6.19. The third kappa shape index (κ3) is 4.51. The van der Waals surface area contributed by atoms with Crippen LogP contribution in [-0.4, -0.2) is 51.3 Å². The van der Waals surface area contributed by atoms with Crippen LogP contribution in [0.15, 0.2) is 23.2 Å². The van der Waals surface area contributed by atoms with Crippen molar-refractivity contribution in [1.29, 1.82) is 0 Å². The second kappa shape index (κ2) is 8.61. The van der Waals surface area contributed by atoms with E-state index in [2.05, 4.69) is 15.2 Å². The zero-order valence-electron chi connectivity index (χ0n) is 13.1. The number of guanidine groups is 1. The summed E-state index contributed by atoms with van der Waals surface area (Å²) in [5.74, 6) is 1.52. The molecule has 0 spiro atoms. The second-order valence-corrected chi connectivity index (χ2v) is 6.29. The molecule has 122 valence electrons. The Kier molecular flexibility index (Phi) is 6.80. The van der Waals surface area contributed by atoms with Gasteiger partial charge < -0.3 is 15.0 Å². The SMILES string of the molecule is CN=C(NCCc1c(Cl)cccc1Cl)N1CCC(COC)C1. The summed E-state index contributed by atoms with van der Waals surface area (Å²) in [6, 6.07) is 5.60. The standard InChI is InChI=1S/C16H23Cl2N3O/c1-19-16(21-9-7-12(10-21)11-22-2)20-8-6-13-14(17)4-3-5-15(13)18/h3-5,12H,6-11H2,1-2H3,(H,19,20). The Hall–Kier alpha value is -0.970. The minimum absolute atomic E-state index is 0.585. The third-order valence-electron chi connectivity index (χ3n) is 3.92. The molecule has 0 aromatic heterocycles. The van der Waals surface area contributed by atoms with Gasteiger partial charge >= 0.3 is 0 Å². The number of methoxy groups -OCH3 is 1. The van der Waals surface area contributed by atoms with Crippen molar-refractivity contribution in [2.75, 3.05) is 40.4 Å². The molecule has 0 saturated carbocycles. The van der Waals surface area contributed by atoms with Gasteiger partial charge in [0.15, 0.2) is 5.96 Å². The van der Waals surface area contributed by atoms with Crippen LogP contribution in [0, 0.1) is 5.92 Å². The number of benzene rings is 1. The van der Waals surface area contributed by atoms with Crippen molar-refractivity contribution in [1.82, 2.24) is 10.2 Å². The predicted octanol–water partition coefficient (Wildman–Crippen LogP) is 3.08. The van der Waals surface area contributed by atoms with Gasteiger partial charge in [0, 0.05) is 49.8 Å². The number of hydrogen-bond donors (Lipinski definition) is 1. The zero-order chi connectivity index (χ0) is 15.9. The van der Waals surface area contributed by atoms with Crippen LogP contribution < -0.4 is 5.32 Å². The highest BCUT2D eigenvalue weighted by Gasteiger charge is 2.24. The highest BCUT2D eigenvalue weighted by atomic mass is 35.5. The number of aliphatic imine (C=N–C) groups is 1. The molecular formula is C16H23Cl2N3O. The van der Waals surface area contributed by atoms with Crippen LogP contribution in [0.5, 0.6) is 0 Å². The summed E-state index contributed by atoms with van der Waals surface area (Å²) in [7, 11) is 3.57. The first kappa shape index (κ1) is 17.4. The predicted molar refractivity (Wildman–Crippen MR) is 93.1 cm³/mol. The fraction of sp³-hybridized carbons (Fsp3) is 0.562. The Labute approximate surface area is 142 Å². The number of ether oxygens (including phenoxy) is 1. The Morgan fingerprint density at radius 1 is 1.41 bits per heavy atom. The lowest BCUT2D eigenvalue weighted by molar-refractivity contribution is 0.157. The Morgan fingerprint density at radius 2 is 2.14 bits per heavy atom. The van der Waals surface area contributed by atoms with E-state index >= 15 is 0 Å². The maximum atomic E-state index is 6.19. The first-order valence-corrected chi connectivity index (χ1v) is 8.28. The molecule has 1 aliphatic heterocycles. The van der Waals surface area contributed by atoms with Crippen LogP contribution >= 0.6 is 23.2 Å². The first-order chi connectivity index (χ1) is 10.7. The largest absolute Gasteiger partial charge is 0.384 e. The van der Waals surface area contributed by atoms with Crippen LogP contribution in [0.25, 0.3) is 0 Å². The average molecular weight is 344 g/mol. The van der Waals surface area contributed by atoms with E-state index in [1.54, 1.807) is 7.11 Å². The summed E-state index contributed by atoms with van der Waals surface area (Å²) in [4.78, 5) is 6.64. The number of hydrogen-bond acceptors (Lipinski definition) is 2. The zero-order valence-corrected chi connectivity index (χ0v) is 14.6. The molecule has 1 N–H and O–H groups in total. The van der Waals surface area contributed by atoms with Gasteiger partial charge in [-0.25, -0.2) is 0 Å². The van der Waals surface area contributed by atoms with Gasteiger partial charge in [-0.05, 0) is 30.5 Å². The molecule has 0 aliphatic carbocycles. The van der Waals surface area contributed by atoms with Gasteiger partial charge in [-0.15, -0.1) is 0 Å². The monoisotopic (exact) mass is 343 g/mol. The maximum Gasteiger partial charge on any atom is 0.193 e. The molecule has 1 aromatic carbocycles. The van der Waals surface area contributed by atoms with E-state index in [9.17, 15) is 0 Å². The smallest absolute Gasteiger partial charge is 0.193 e. The molecule has 0 amide bonds. The summed E-state index contributed by atoms with van der Waals surface area (Å²) in [6.07, 6.45) is 1.91. The fourth-order valence-corrected chi connectivity index (χ4v) is 3.39. The van der Waals surface area contributed by atoms with Crippen LogP contribution in [0.4, 0.5) is 0 Å². The van der Waals surface area contributed by atoms with Crippen molar-refractivity contribution >= 4 is 29.2 Å². The van der Waals surface area contributed by atoms with Crippen molar-refractivity contribution in [2.45, 2.75) is 12.8 Å². The lowest BCUT2D eigenvalue weighted by Gasteiger charge is -2.22. The van der Waals surface area contributed by atoms with E-state index < -0.39 is 0 Å². The van der Waals surface area contributed by atoms with Gasteiger partial charge in [0.05, 0.1) is 6.61 Å². The second-order valence-electron chi connectivity index (χ2n) is 5.48. The summed E-state index contributed by atoms with van der Waals surface area (Å²) < 4.78 is 5.24. The third-order valence-corrected chi connectivity index (χ3v) is 4.63. The summed E-state index contributed by atoms with van der Waals surface area (Å²) >= 11 is 12.4. The molecule has 0 radical (unpaired) electrons. The molecule has 1 saturated heterocycles. The molecule has 1 atom stereocenters. The molecule has 1 fully saturated rings. The number of likely N-dealkylation sites (tertiary alicyclic amines) is 1. The summed E-state index contributed by atoms with van der Waals surface area (Å²) in [6.45, 7) is 3.56. The summed E-state index contributed by atoms with van der Waals surface area (Å²) in [5.41, 5.74) is 0.979. The van der Waals surface area contributed by atoms with Gasteiger partial charge in [-0.3, -0.25) is 4.99 Å². The van der Waals surface area contributed by atoms with Crippen LogP contribution in [0.1, 0.15) is 12.0 Å². The minimum atomic E-state index is 0.585. The Bertz CT molecular complexity index is 502. The molecule has 1 aliphatic rings. The highest BCUT2D eigenvalue weighted by Crippen LogP contribution is 2.24. The van der Waals surface area contributed by atoms with E-state index in [1.165, 1.54) is 0 Å². The van der Waals surface area contributed by atoms with E-state index in [4.69, 9.17) is 27.9 Å². The number of nitrogens with one attached hydrogen (secondary N) is 1. The van der Waals surface area contributed by atoms with E-state index in [1.807, 2.05) is 25.2 Å². The van der Waals surface area contributed by atoms with Crippen molar-refractivity contribution < 1.29 is 4.74 Å². The first-order valence-electron chi connectivity index (χ1n) is 7.53. The lowest BCUT2D eigenvalue weighted by Crippen LogP contribution is -2.41. The topological polar surface area (TPSA) is 36.9 Å². The van der Waals surface area contributed by atoms with Gasteiger partial charge in [0.1, 0.15) is 0 Å². The fourth-order valence-electron chi connectivity index (χ4n) is 2.80. The molecular weight excluding hydrogens is 321 g/mol. The summed E-state index contributed by atoms with van der Waals surface area (Å²) in [5, 5.41) is 4.82.